The quantitative estimate of drug-likeness (QED) is 0.886. The summed E-state index contributed by atoms with van der Waals surface area (Å²) in [5.41, 5.74) is 3.72. The second kappa shape index (κ2) is 5.91. The molecule has 1 N–H and O–H groups in total. The van der Waals surface area contributed by atoms with E-state index in [-0.39, 0.29) is 0 Å². The molecule has 0 unspecified atom stereocenters. The summed E-state index contributed by atoms with van der Waals surface area (Å²) in [5, 5.41) is 3.43. The van der Waals surface area contributed by atoms with E-state index in [9.17, 15) is 0 Å². The van der Waals surface area contributed by atoms with Crippen LogP contribution in [0.15, 0.2) is 30.5 Å². The molecule has 0 spiro atoms. The van der Waals surface area contributed by atoms with Crippen molar-refractivity contribution >= 4 is 5.95 Å². The van der Waals surface area contributed by atoms with E-state index in [2.05, 4.69) is 66.1 Å². The Morgan fingerprint density at radius 2 is 1.95 bits per heavy atom. The fraction of sp³-hybridized carbons (Fsp3) is 0.438. The molecule has 2 aromatic rings. The Bertz CT molecular complexity index is 541. The molecular formula is C16H23N3. The van der Waals surface area contributed by atoms with Crippen molar-refractivity contribution in [2.45, 2.75) is 34.2 Å². The lowest BCUT2D eigenvalue weighted by Gasteiger charge is -2.12. The van der Waals surface area contributed by atoms with Crippen molar-refractivity contribution in [2.24, 2.45) is 5.92 Å². The van der Waals surface area contributed by atoms with Gasteiger partial charge in [-0.2, -0.15) is 0 Å². The lowest BCUT2D eigenvalue weighted by molar-refractivity contribution is 0.676. The van der Waals surface area contributed by atoms with E-state index >= 15 is 0 Å². The van der Waals surface area contributed by atoms with E-state index in [1.165, 1.54) is 11.1 Å². The number of hydrogen-bond acceptors (Lipinski definition) is 2. The van der Waals surface area contributed by atoms with Crippen molar-refractivity contribution in [3.05, 3.63) is 47.3 Å². The molecule has 0 atom stereocenters. The minimum absolute atomic E-state index is 0.615. The lowest BCUT2D eigenvalue weighted by Crippen LogP contribution is -2.13. The Balaban J connectivity index is 2.18. The van der Waals surface area contributed by atoms with E-state index in [0.29, 0.717) is 5.92 Å². The van der Waals surface area contributed by atoms with Gasteiger partial charge in [0.05, 0.1) is 12.2 Å². The van der Waals surface area contributed by atoms with Gasteiger partial charge in [0, 0.05) is 12.7 Å². The second-order valence-electron chi connectivity index (χ2n) is 5.54. The van der Waals surface area contributed by atoms with E-state index in [1.54, 1.807) is 0 Å². The number of rotatable bonds is 5. The smallest absolute Gasteiger partial charge is 0.203 e. The fourth-order valence-electron chi connectivity index (χ4n) is 2.07. The molecular weight excluding hydrogens is 234 g/mol. The van der Waals surface area contributed by atoms with Gasteiger partial charge in [-0.1, -0.05) is 38.1 Å². The molecule has 0 bridgehead atoms. The van der Waals surface area contributed by atoms with Crippen LogP contribution < -0.4 is 5.32 Å². The van der Waals surface area contributed by atoms with Gasteiger partial charge >= 0.3 is 0 Å². The molecule has 0 aliphatic carbocycles. The highest BCUT2D eigenvalue weighted by Gasteiger charge is 2.07. The van der Waals surface area contributed by atoms with Crippen LogP contribution in [0.4, 0.5) is 5.95 Å². The van der Waals surface area contributed by atoms with Gasteiger partial charge in [0.2, 0.25) is 5.95 Å². The summed E-state index contributed by atoms with van der Waals surface area (Å²) in [5.74, 6) is 1.58. The zero-order chi connectivity index (χ0) is 13.8. The Kier molecular flexibility index (Phi) is 4.25. The molecule has 3 heteroatoms. The molecule has 0 saturated carbocycles. The molecule has 102 valence electrons. The van der Waals surface area contributed by atoms with Crippen LogP contribution in [0.2, 0.25) is 0 Å². The van der Waals surface area contributed by atoms with Gasteiger partial charge < -0.3 is 9.88 Å². The average Bonchev–Trinajstić information content (AvgIpc) is 2.70. The highest BCUT2D eigenvalue weighted by atomic mass is 15.2. The van der Waals surface area contributed by atoms with Crippen LogP contribution in [-0.2, 0) is 6.54 Å². The summed E-state index contributed by atoms with van der Waals surface area (Å²) in [7, 11) is 0. The number of benzene rings is 1. The number of aryl methyl sites for hydroxylation is 2. The summed E-state index contributed by atoms with van der Waals surface area (Å²) in [6.45, 7) is 10.4. The minimum Gasteiger partial charge on any atom is -0.355 e. The number of nitrogens with one attached hydrogen (secondary N) is 1. The maximum atomic E-state index is 4.56. The van der Waals surface area contributed by atoms with E-state index < -0.39 is 0 Å². The van der Waals surface area contributed by atoms with E-state index in [0.717, 1.165) is 24.7 Å². The summed E-state index contributed by atoms with van der Waals surface area (Å²) in [4.78, 5) is 4.56. The van der Waals surface area contributed by atoms with Crippen molar-refractivity contribution in [3.63, 3.8) is 0 Å². The van der Waals surface area contributed by atoms with Gasteiger partial charge in [-0.3, -0.25) is 0 Å². The first-order chi connectivity index (χ1) is 9.06. The highest BCUT2D eigenvalue weighted by Crippen LogP contribution is 2.15. The summed E-state index contributed by atoms with van der Waals surface area (Å²) in [6, 6.07) is 8.50. The lowest BCUT2D eigenvalue weighted by atomic mass is 10.1. The Labute approximate surface area is 115 Å². The third kappa shape index (κ3) is 3.60. The van der Waals surface area contributed by atoms with Crippen molar-refractivity contribution in [1.82, 2.24) is 9.55 Å². The molecule has 0 amide bonds. The topological polar surface area (TPSA) is 29.9 Å². The third-order valence-electron chi connectivity index (χ3n) is 3.17. The van der Waals surface area contributed by atoms with E-state index in [1.807, 2.05) is 6.92 Å². The molecule has 19 heavy (non-hydrogen) atoms. The van der Waals surface area contributed by atoms with Gasteiger partial charge in [0.25, 0.3) is 0 Å². The minimum atomic E-state index is 0.615. The van der Waals surface area contributed by atoms with Gasteiger partial charge in [0.1, 0.15) is 0 Å². The predicted molar refractivity (Wildman–Crippen MR) is 80.6 cm³/mol. The normalized spacial score (nSPS) is 11.0. The van der Waals surface area contributed by atoms with Gasteiger partial charge in [-0.15, -0.1) is 0 Å². The number of imidazole rings is 1. The van der Waals surface area contributed by atoms with Crippen molar-refractivity contribution in [2.75, 3.05) is 11.9 Å². The van der Waals surface area contributed by atoms with Crippen LogP contribution in [0.25, 0.3) is 0 Å². The first-order valence-electron chi connectivity index (χ1n) is 6.88. The van der Waals surface area contributed by atoms with Gasteiger partial charge in [-0.25, -0.2) is 4.98 Å². The fourth-order valence-corrected chi connectivity index (χ4v) is 2.07. The summed E-state index contributed by atoms with van der Waals surface area (Å²) >= 11 is 0. The van der Waals surface area contributed by atoms with Crippen LogP contribution in [0.3, 0.4) is 0 Å². The number of hydrogen-bond donors (Lipinski definition) is 1. The van der Waals surface area contributed by atoms with Crippen molar-refractivity contribution in [3.8, 4) is 0 Å². The maximum absolute atomic E-state index is 4.56. The van der Waals surface area contributed by atoms with Crippen molar-refractivity contribution < 1.29 is 0 Å². The van der Waals surface area contributed by atoms with Crippen LogP contribution in [0.5, 0.6) is 0 Å². The van der Waals surface area contributed by atoms with Crippen LogP contribution in [0, 0.1) is 19.8 Å². The number of nitrogens with zero attached hydrogens (tertiary/aromatic N) is 2. The largest absolute Gasteiger partial charge is 0.355 e. The first kappa shape index (κ1) is 13.7. The van der Waals surface area contributed by atoms with Gasteiger partial charge in [0.15, 0.2) is 0 Å². The monoisotopic (exact) mass is 257 g/mol. The van der Waals surface area contributed by atoms with Crippen LogP contribution >= 0.6 is 0 Å². The van der Waals surface area contributed by atoms with Gasteiger partial charge in [-0.05, 0) is 30.9 Å². The summed E-state index contributed by atoms with van der Waals surface area (Å²) in [6.07, 6.45) is 2.11. The van der Waals surface area contributed by atoms with Crippen LogP contribution in [-0.4, -0.2) is 16.1 Å². The zero-order valence-corrected chi connectivity index (χ0v) is 12.3. The number of anilines is 1. The Morgan fingerprint density at radius 1 is 1.21 bits per heavy atom. The maximum Gasteiger partial charge on any atom is 0.203 e. The molecule has 0 aliphatic heterocycles. The third-order valence-corrected chi connectivity index (χ3v) is 3.17. The Hall–Kier alpha value is -1.77. The SMILES string of the molecule is Cc1cn(Cc2ccccc2C)c(NCC(C)C)n1. The van der Waals surface area contributed by atoms with Crippen molar-refractivity contribution in [1.29, 1.82) is 0 Å². The average molecular weight is 257 g/mol. The molecule has 0 radical (unpaired) electrons. The molecule has 1 aromatic heterocycles. The molecule has 1 aromatic carbocycles. The summed E-state index contributed by atoms with van der Waals surface area (Å²) < 4.78 is 2.19. The highest BCUT2D eigenvalue weighted by molar-refractivity contribution is 5.32. The van der Waals surface area contributed by atoms with E-state index in [4.69, 9.17) is 0 Å². The zero-order valence-electron chi connectivity index (χ0n) is 12.3. The standard InChI is InChI=1S/C16H23N3/c1-12(2)9-17-16-18-14(4)10-19(16)11-15-8-6-5-7-13(15)3/h5-8,10,12H,9,11H2,1-4H3,(H,17,18). The Morgan fingerprint density at radius 3 is 2.63 bits per heavy atom. The molecule has 3 nitrogen and oxygen atoms in total. The van der Waals surface area contributed by atoms with Crippen LogP contribution in [0.1, 0.15) is 30.7 Å². The predicted octanol–water partition coefficient (Wildman–Crippen LogP) is 3.62. The molecule has 0 saturated heterocycles. The number of aromatic nitrogens is 2. The molecule has 0 aliphatic rings. The molecule has 1 heterocycles. The first-order valence-corrected chi connectivity index (χ1v) is 6.88. The molecule has 2 rings (SSSR count). The second-order valence-corrected chi connectivity index (χ2v) is 5.54. The molecule has 0 fully saturated rings.